The van der Waals surface area contributed by atoms with E-state index in [1.807, 2.05) is 24.3 Å². The van der Waals surface area contributed by atoms with Crippen LogP contribution in [-0.2, 0) is 0 Å². The molecule has 2 aromatic heterocycles. The number of hydrogen-bond donors (Lipinski definition) is 2. The van der Waals surface area contributed by atoms with E-state index in [0.717, 1.165) is 48.0 Å². The lowest BCUT2D eigenvalue weighted by molar-refractivity contribution is 0.226. The second-order valence-electron chi connectivity index (χ2n) is 7.09. The molecular formula is C20H24ClN5O. The van der Waals surface area contributed by atoms with Gasteiger partial charge >= 0.3 is 0 Å². The molecular weight excluding hydrogens is 362 g/mol. The van der Waals surface area contributed by atoms with Crippen molar-refractivity contribution in [3.05, 3.63) is 35.5 Å². The van der Waals surface area contributed by atoms with Crippen LogP contribution in [0.2, 0.25) is 5.02 Å². The third-order valence-electron chi connectivity index (χ3n) is 5.24. The highest BCUT2D eigenvalue weighted by Gasteiger charge is 2.19. The third-order valence-corrected chi connectivity index (χ3v) is 5.53. The molecule has 0 aliphatic carbocycles. The van der Waals surface area contributed by atoms with E-state index in [-0.39, 0.29) is 0 Å². The number of aromatic nitrogens is 3. The fraction of sp³-hybridized carbons (Fsp3) is 0.400. The lowest BCUT2D eigenvalue weighted by Gasteiger charge is -2.29. The van der Waals surface area contributed by atoms with Crippen LogP contribution in [0.1, 0.15) is 12.8 Å². The fourth-order valence-corrected chi connectivity index (χ4v) is 3.80. The summed E-state index contributed by atoms with van der Waals surface area (Å²) in [5.74, 6) is 2.14. The largest absolute Gasteiger partial charge is 0.496 e. The molecule has 142 valence electrons. The van der Waals surface area contributed by atoms with Crippen molar-refractivity contribution in [2.45, 2.75) is 12.8 Å². The smallest absolute Gasteiger partial charge is 0.180 e. The van der Waals surface area contributed by atoms with Crippen molar-refractivity contribution < 1.29 is 4.74 Å². The van der Waals surface area contributed by atoms with E-state index < -0.39 is 0 Å². The predicted molar refractivity (Wildman–Crippen MR) is 110 cm³/mol. The van der Waals surface area contributed by atoms with Gasteiger partial charge in [-0.05, 0) is 51.0 Å². The van der Waals surface area contributed by atoms with E-state index in [2.05, 4.69) is 32.2 Å². The van der Waals surface area contributed by atoms with Crippen molar-refractivity contribution in [1.29, 1.82) is 0 Å². The highest BCUT2D eigenvalue weighted by molar-refractivity contribution is 6.34. The van der Waals surface area contributed by atoms with Crippen molar-refractivity contribution in [3.63, 3.8) is 0 Å². The Morgan fingerprint density at radius 3 is 2.85 bits per heavy atom. The number of pyridine rings is 1. The number of halogens is 1. The molecule has 27 heavy (non-hydrogen) atoms. The normalized spacial score (nSPS) is 16.0. The summed E-state index contributed by atoms with van der Waals surface area (Å²) in [6.07, 6.45) is 4.06. The highest BCUT2D eigenvalue weighted by atomic mass is 35.5. The topological polar surface area (TPSA) is 66.1 Å². The van der Waals surface area contributed by atoms with E-state index in [1.165, 1.54) is 12.8 Å². The number of imidazole rings is 1. The molecule has 0 unspecified atom stereocenters. The maximum atomic E-state index is 6.45. The van der Waals surface area contributed by atoms with Crippen molar-refractivity contribution in [2.24, 2.45) is 5.92 Å². The van der Waals surface area contributed by atoms with E-state index in [0.29, 0.717) is 16.6 Å². The van der Waals surface area contributed by atoms with Gasteiger partial charge in [-0.25, -0.2) is 9.97 Å². The average Bonchev–Trinajstić information content (AvgIpc) is 3.13. The Morgan fingerprint density at radius 1 is 1.30 bits per heavy atom. The number of fused-ring (bicyclic) bond motifs is 1. The number of H-pyrrole nitrogens is 1. The predicted octanol–water partition coefficient (Wildman–Crippen LogP) is 4.04. The van der Waals surface area contributed by atoms with Crippen LogP contribution < -0.4 is 10.1 Å². The maximum Gasteiger partial charge on any atom is 0.180 e. The van der Waals surface area contributed by atoms with E-state index >= 15 is 0 Å². The third kappa shape index (κ3) is 3.73. The number of piperidine rings is 1. The molecule has 0 amide bonds. The molecule has 1 aromatic carbocycles. The maximum absolute atomic E-state index is 6.45. The zero-order valence-corrected chi connectivity index (χ0v) is 16.4. The number of ether oxygens (including phenoxy) is 1. The monoisotopic (exact) mass is 385 g/mol. The van der Waals surface area contributed by atoms with Crippen LogP contribution in [0.25, 0.3) is 22.6 Å². The van der Waals surface area contributed by atoms with Crippen molar-refractivity contribution in [1.82, 2.24) is 19.9 Å². The van der Waals surface area contributed by atoms with Gasteiger partial charge in [0.15, 0.2) is 5.65 Å². The summed E-state index contributed by atoms with van der Waals surface area (Å²) in [5.41, 5.74) is 3.24. The first-order valence-corrected chi connectivity index (χ1v) is 9.63. The van der Waals surface area contributed by atoms with Gasteiger partial charge in [0.25, 0.3) is 0 Å². The summed E-state index contributed by atoms with van der Waals surface area (Å²) >= 11 is 6.45. The number of benzene rings is 1. The summed E-state index contributed by atoms with van der Waals surface area (Å²) in [6.45, 7) is 3.19. The van der Waals surface area contributed by atoms with Gasteiger partial charge in [-0.2, -0.15) is 0 Å². The van der Waals surface area contributed by atoms with Gasteiger partial charge in [-0.1, -0.05) is 23.7 Å². The molecule has 0 atom stereocenters. The van der Waals surface area contributed by atoms with Gasteiger partial charge in [0.1, 0.15) is 17.1 Å². The molecule has 2 N–H and O–H groups in total. The summed E-state index contributed by atoms with van der Waals surface area (Å²) < 4.78 is 5.46. The molecule has 1 aliphatic heterocycles. The number of aromatic amines is 1. The van der Waals surface area contributed by atoms with Gasteiger partial charge in [-0.15, -0.1) is 0 Å². The highest BCUT2D eigenvalue weighted by Crippen LogP contribution is 2.33. The number of likely N-dealkylation sites (tertiary alicyclic amines) is 1. The molecule has 1 aliphatic rings. The van der Waals surface area contributed by atoms with Crippen molar-refractivity contribution >= 4 is 28.5 Å². The average molecular weight is 386 g/mol. The van der Waals surface area contributed by atoms with Gasteiger partial charge < -0.3 is 19.9 Å². The van der Waals surface area contributed by atoms with Crippen LogP contribution in [0, 0.1) is 5.92 Å². The summed E-state index contributed by atoms with van der Waals surface area (Å²) in [5, 5.41) is 4.14. The number of hydrogen-bond acceptors (Lipinski definition) is 5. The van der Waals surface area contributed by atoms with Crippen LogP contribution >= 0.6 is 11.6 Å². The molecule has 4 rings (SSSR count). The van der Waals surface area contributed by atoms with E-state index in [4.69, 9.17) is 16.3 Å². The quantitative estimate of drug-likeness (QED) is 0.693. The number of nitrogens with zero attached hydrogens (tertiary/aromatic N) is 3. The molecule has 6 nitrogen and oxygen atoms in total. The lowest BCUT2D eigenvalue weighted by atomic mass is 9.97. The molecule has 0 saturated carbocycles. The molecule has 1 saturated heterocycles. The van der Waals surface area contributed by atoms with Gasteiger partial charge in [-0.3, -0.25) is 0 Å². The first kappa shape index (κ1) is 18.1. The number of methoxy groups -OCH3 is 1. The molecule has 1 fully saturated rings. The number of para-hydroxylation sites is 1. The minimum Gasteiger partial charge on any atom is -0.496 e. The fourth-order valence-electron chi connectivity index (χ4n) is 3.59. The van der Waals surface area contributed by atoms with Gasteiger partial charge in [0, 0.05) is 6.54 Å². The Balaban J connectivity index is 1.63. The van der Waals surface area contributed by atoms with Crippen LogP contribution in [-0.4, -0.2) is 53.6 Å². The summed E-state index contributed by atoms with van der Waals surface area (Å²) in [4.78, 5) is 14.8. The Kier molecular flexibility index (Phi) is 5.18. The van der Waals surface area contributed by atoms with E-state index in [1.54, 1.807) is 13.3 Å². The minimum absolute atomic E-state index is 0.602. The molecule has 3 heterocycles. The minimum atomic E-state index is 0.602. The van der Waals surface area contributed by atoms with Crippen LogP contribution in [0.5, 0.6) is 5.75 Å². The van der Waals surface area contributed by atoms with E-state index in [9.17, 15) is 0 Å². The SMILES string of the molecule is COc1ccccc1-c1nc2ncc(Cl)c(NCC3CCN(C)CC3)c2[nH]1. The second-order valence-corrected chi connectivity index (χ2v) is 7.50. The van der Waals surface area contributed by atoms with Crippen LogP contribution in [0.15, 0.2) is 30.5 Å². The Bertz CT molecular complexity index is 933. The number of nitrogens with one attached hydrogen (secondary N) is 2. The van der Waals surface area contributed by atoms with Crippen LogP contribution in [0.3, 0.4) is 0 Å². The first-order chi connectivity index (χ1) is 13.2. The number of rotatable bonds is 5. The van der Waals surface area contributed by atoms with Gasteiger partial charge in [0.2, 0.25) is 0 Å². The summed E-state index contributed by atoms with van der Waals surface area (Å²) in [6, 6.07) is 7.80. The van der Waals surface area contributed by atoms with Crippen LogP contribution in [0.4, 0.5) is 5.69 Å². The molecule has 7 heteroatoms. The molecule has 0 bridgehead atoms. The standard InChI is InChI=1S/C20H24ClN5O/c1-26-9-7-13(8-10-26)11-22-17-15(21)12-23-20-18(17)24-19(25-20)14-5-3-4-6-16(14)27-2/h3-6,12-13H,7-11H2,1-2H3,(H2,22,23,24,25). The zero-order valence-electron chi connectivity index (χ0n) is 15.6. The number of anilines is 1. The van der Waals surface area contributed by atoms with Crippen molar-refractivity contribution in [2.75, 3.05) is 39.1 Å². The Morgan fingerprint density at radius 2 is 2.07 bits per heavy atom. The molecule has 3 aromatic rings. The molecule has 0 radical (unpaired) electrons. The Labute approximate surface area is 163 Å². The summed E-state index contributed by atoms with van der Waals surface area (Å²) in [7, 11) is 3.84. The Hall–Kier alpha value is -2.31. The second kappa shape index (κ2) is 7.74. The zero-order chi connectivity index (χ0) is 18.8. The first-order valence-electron chi connectivity index (χ1n) is 9.25. The van der Waals surface area contributed by atoms with Gasteiger partial charge in [0.05, 0.1) is 29.6 Å². The lowest BCUT2D eigenvalue weighted by Crippen LogP contribution is -2.33. The van der Waals surface area contributed by atoms with Crippen molar-refractivity contribution in [3.8, 4) is 17.1 Å². The molecule has 0 spiro atoms.